The molecule has 2 N–H and O–H groups in total. The molecule has 0 radical (unpaired) electrons. The Morgan fingerprint density at radius 1 is 1.33 bits per heavy atom. The van der Waals surface area contributed by atoms with Gasteiger partial charge in [-0.15, -0.1) is 0 Å². The highest BCUT2D eigenvalue weighted by molar-refractivity contribution is 5.07. The topological polar surface area (TPSA) is 39.2 Å². The van der Waals surface area contributed by atoms with Gasteiger partial charge >= 0.3 is 0 Å². The first kappa shape index (κ1) is 9.33. The monoisotopic (exact) mass is 167 g/mol. The molecule has 68 valence electrons. The van der Waals surface area contributed by atoms with Gasteiger partial charge in [-0.1, -0.05) is 13.8 Å². The maximum absolute atomic E-state index is 5.55. The SMILES string of the molecule is CC(C)Cc1ccc(CCN)o1. The quantitative estimate of drug-likeness (QED) is 0.744. The average Bonchev–Trinajstić information content (AvgIpc) is 2.36. The normalized spacial score (nSPS) is 11.0. The molecule has 0 fully saturated rings. The molecular formula is C10H17NO. The number of rotatable bonds is 4. The fourth-order valence-electron chi connectivity index (χ4n) is 1.21. The molecule has 0 aromatic carbocycles. The Labute approximate surface area is 73.8 Å². The molecule has 1 heterocycles. The summed E-state index contributed by atoms with van der Waals surface area (Å²) in [4.78, 5) is 0. The van der Waals surface area contributed by atoms with Gasteiger partial charge in [0, 0.05) is 12.8 Å². The molecule has 0 amide bonds. The lowest BCUT2D eigenvalue weighted by Gasteiger charge is -1.99. The van der Waals surface area contributed by atoms with Gasteiger partial charge in [-0.05, 0) is 24.6 Å². The zero-order valence-electron chi connectivity index (χ0n) is 7.84. The largest absolute Gasteiger partial charge is 0.466 e. The molecule has 0 saturated carbocycles. The molecule has 1 rings (SSSR count). The Bertz CT molecular complexity index is 227. The zero-order valence-corrected chi connectivity index (χ0v) is 7.84. The Kier molecular flexibility index (Phi) is 3.35. The smallest absolute Gasteiger partial charge is 0.105 e. The zero-order chi connectivity index (χ0) is 8.97. The van der Waals surface area contributed by atoms with Gasteiger partial charge in [0.25, 0.3) is 0 Å². The summed E-state index contributed by atoms with van der Waals surface area (Å²) in [6.45, 7) is 5.03. The minimum absolute atomic E-state index is 0.655. The fraction of sp³-hybridized carbons (Fsp3) is 0.600. The van der Waals surface area contributed by atoms with Crippen LogP contribution in [-0.4, -0.2) is 6.54 Å². The van der Waals surface area contributed by atoms with Gasteiger partial charge in [0.15, 0.2) is 0 Å². The number of furan rings is 1. The highest BCUT2D eigenvalue weighted by atomic mass is 16.3. The summed E-state index contributed by atoms with van der Waals surface area (Å²) >= 11 is 0. The van der Waals surface area contributed by atoms with E-state index >= 15 is 0 Å². The van der Waals surface area contributed by atoms with Crippen LogP contribution in [0.15, 0.2) is 16.5 Å². The molecule has 0 aliphatic heterocycles. The van der Waals surface area contributed by atoms with Crippen LogP contribution in [-0.2, 0) is 12.8 Å². The van der Waals surface area contributed by atoms with E-state index < -0.39 is 0 Å². The molecule has 0 atom stereocenters. The minimum atomic E-state index is 0.655. The van der Waals surface area contributed by atoms with E-state index in [1.165, 1.54) is 0 Å². The highest BCUT2D eigenvalue weighted by Crippen LogP contribution is 2.12. The first-order valence-electron chi connectivity index (χ1n) is 4.50. The lowest BCUT2D eigenvalue weighted by molar-refractivity contribution is 0.440. The van der Waals surface area contributed by atoms with Gasteiger partial charge in [-0.2, -0.15) is 0 Å². The second-order valence-electron chi connectivity index (χ2n) is 3.50. The number of nitrogens with two attached hydrogens (primary N) is 1. The van der Waals surface area contributed by atoms with Crippen LogP contribution in [0.2, 0.25) is 0 Å². The Hall–Kier alpha value is -0.760. The predicted molar refractivity (Wildman–Crippen MR) is 50.0 cm³/mol. The van der Waals surface area contributed by atoms with E-state index in [1.54, 1.807) is 0 Å². The van der Waals surface area contributed by atoms with Crippen molar-refractivity contribution in [2.45, 2.75) is 26.7 Å². The van der Waals surface area contributed by atoms with Gasteiger partial charge < -0.3 is 10.2 Å². The van der Waals surface area contributed by atoms with Gasteiger partial charge in [-0.25, -0.2) is 0 Å². The van der Waals surface area contributed by atoms with Gasteiger partial charge in [-0.3, -0.25) is 0 Å². The standard InChI is InChI=1S/C10H17NO/c1-8(2)7-10-4-3-9(12-10)5-6-11/h3-4,8H,5-7,11H2,1-2H3. The summed E-state index contributed by atoms with van der Waals surface area (Å²) in [6.07, 6.45) is 1.86. The van der Waals surface area contributed by atoms with Gasteiger partial charge in [0.2, 0.25) is 0 Å². The Morgan fingerprint density at radius 2 is 2.00 bits per heavy atom. The van der Waals surface area contributed by atoms with Crippen LogP contribution in [0.3, 0.4) is 0 Å². The molecule has 0 saturated heterocycles. The molecule has 0 spiro atoms. The Morgan fingerprint density at radius 3 is 2.58 bits per heavy atom. The average molecular weight is 167 g/mol. The molecule has 2 nitrogen and oxygen atoms in total. The van der Waals surface area contributed by atoms with Crippen molar-refractivity contribution in [2.75, 3.05) is 6.54 Å². The summed E-state index contributed by atoms with van der Waals surface area (Å²) in [7, 11) is 0. The second kappa shape index (κ2) is 4.31. The third-order valence-corrected chi connectivity index (χ3v) is 1.72. The maximum Gasteiger partial charge on any atom is 0.105 e. The maximum atomic E-state index is 5.55. The highest BCUT2D eigenvalue weighted by Gasteiger charge is 2.02. The fourth-order valence-corrected chi connectivity index (χ4v) is 1.21. The summed E-state index contributed by atoms with van der Waals surface area (Å²) in [5.74, 6) is 2.74. The van der Waals surface area contributed by atoms with Crippen molar-refractivity contribution in [1.29, 1.82) is 0 Å². The molecule has 2 heteroatoms. The van der Waals surface area contributed by atoms with Gasteiger partial charge in [0.1, 0.15) is 11.5 Å². The van der Waals surface area contributed by atoms with Crippen LogP contribution in [0.5, 0.6) is 0 Å². The van der Waals surface area contributed by atoms with Crippen molar-refractivity contribution in [3.8, 4) is 0 Å². The molecule has 1 aromatic heterocycles. The van der Waals surface area contributed by atoms with Crippen molar-refractivity contribution >= 4 is 0 Å². The van der Waals surface area contributed by atoms with E-state index in [9.17, 15) is 0 Å². The van der Waals surface area contributed by atoms with Crippen LogP contribution in [0.25, 0.3) is 0 Å². The molecule has 0 aliphatic carbocycles. The third kappa shape index (κ3) is 2.70. The van der Waals surface area contributed by atoms with E-state index in [0.29, 0.717) is 12.5 Å². The van der Waals surface area contributed by atoms with Crippen molar-refractivity contribution in [2.24, 2.45) is 11.7 Å². The van der Waals surface area contributed by atoms with Crippen molar-refractivity contribution < 1.29 is 4.42 Å². The van der Waals surface area contributed by atoms with E-state index in [4.69, 9.17) is 10.2 Å². The molecule has 1 aromatic rings. The lowest BCUT2D eigenvalue weighted by atomic mass is 10.1. The van der Waals surface area contributed by atoms with E-state index in [1.807, 2.05) is 12.1 Å². The molecule has 12 heavy (non-hydrogen) atoms. The second-order valence-corrected chi connectivity index (χ2v) is 3.50. The lowest BCUT2D eigenvalue weighted by Crippen LogP contribution is -2.01. The minimum Gasteiger partial charge on any atom is -0.466 e. The van der Waals surface area contributed by atoms with Gasteiger partial charge in [0.05, 0.1) is 0 Å². The van der Waals surface area contributed by atoms with Crippen LogP contribution >= 0.6 is 0 Å². The molecule has 0 unspecified atom stereocenters. The van der Waals surface area contributed by atoms with Crippen molar-refractivity contribution in [1.82, 2.24) is 0 Å². The van der Waals surface area contributed by atoms with Crippen LogP contribution in [0.4, 0.5) is 0 Å². The van der Waals surface area contributed by atoms with Crippen LogP contribution in [0.1, 0.15) is 25.4 Å². The van der Waals surface area contributed by atoms with Crippen molar-refractivity contribution in [3.05, 3.63) is 23.7 Å². The van der Waals surface area contributed by atoms with E-state index in [0.717, 1.165) is 24.4 Å². The van der Waals surface area contributed by atoms with Crippen LogP contribution in [0, 0.1) is 5.92 Å². The van der Waals surface area contributed by atoms with Crippen molar-refractivity contribution in [3.63, 3.8) is 0 Å². The number of hydrogen-bond donors (Lipinski definition) is 1. The molecule has 0 aliphatic rings. The molecular weight excluding hydrogens is 150 g/mol. The summed E-state index contributed by atoms with van der Waals surface area (Å²) in [5.41, 5.74) is 5.41. The molecule has 0 bridgehead atoms. The number of hydrogen-bond acceptors (Lipinski definition) is 2. The first-order valence-corrected chi connectivity index (χ1v) is 4.50. The summed E-state index contributed by atoms with van der Waals surface area (Å²) in [6, 6.07) is 4.07. The third-order valence-electron chi connectivity index (χ3n) is 1.72. The van der Waals surface area contributed by atoms with Crippen LogP contribution < -0.4 is 5.73 Å². The summed E-state index contributed by atoms with van der Waals surface area (Å²) in [5, 5.41) is 0. The van der Waals surface area contributed by atoms with E-state index in [2.05, 4.69) is 13.8 Å². The van der Waals surface area contributed by atoms with E-state index in [-0.39, 0.29) is 0 Å². The predicted octanol–water partition coefficient (Wildman–Crippen LogP) is 1.98. The summed E-state index contributed by atoms with van der Waals surface area (Å²) < 4.78 is 5.55. The Balaban J connectivity index is 2.52. The first-order chi connectivity index (χ1) is 5.72.